The minimum absolute atomic E-state index is 0.167. The van der Waals surface area contributed by atoms with Crippen LogP contribution in [-0.2, 0) is 6.54 Å². The molecule has 3 heteroatoms. The van der Waals surface area contributed by atoms with Crippen LogP contribution >= 0.6 is 0 Å². The molecule has 1 saturated heterocycles. The zero-order valence-electron chi connectivity index (χ0n) is 10.2. The van der Waals surface area contributed by atoms with Crippen LogP contribution in [0.3, 0.4) is 0 Å². The molecule has 2 rings (SSSR count). The molecule has 1 aromatic rings. The molecule has 0 aromatic heterocycles. The first-order valence-electron chi connectivity index (χ1n) is 6.48. The Bertz CT molecular complexity index is 337. The van der Waals surface area contributed by atoms with E-state index in [9.17, 15) is 4.39 Å². The fraction of sp³-hybridized carbons (Fsp3) is 0.571. The van der Waals surface area contributed by atoms with Crippen molar-refractivity contribution in [3.05, 3.63) is 35.6 Å². The molecule has 1 fully saturated rings. The third kappa shape index (κ3) is 3.51. The summed E-state index contributed by atoms with van der Waals surface area (Å²) >= 11 is 0. The second-order valence-corrected chi connectivity index (χ2v) is 4.84. The van der Waals surface area contributed by atoms with Gasteiger partial charge in [0.15, 0.2) is 0 Å². The molecule has 1 aromatic carbocycles. The van der Waals surface area contributed by atoms with Gasteiger partial charge in [-0.3, -0.25) is 4.90 Å². The predicted octanol–water partition coefficient (Wildman–Crippen LogP) is 2.53. The van der Waals surface area contributed by atoms with Crippen LogP contribution in [0.25, 0.3) is 0 Å². The van der Waals surface area contributed by atoms with Crippen molar-refractivity contribution >= 4 is 0 Å². The molecule has 1 aliphatic heterocycles. The zero-order chi connectivity index (χ0) is 12.1. The van der Waals surface area contributed by atoms with E-state index in [2.05, 4.69) is 4.90 Å². The first-order chi connectivity index (χ1) is 8.29. The van der Waals surface area contributed by atoms with E-state index < -0.39 is 0 Å². The van der Waals surface area contributed by atoms with Crippen molar-refractivity contribution in [3.63, 3.8) is 0 Å². The number of halogens is 1. The molecule has 0 radical (unpaired) electrons. The third-order valence-corrected chi connectivity index (χ3v) is 3.57. The van der Waals surface area contributed by atoms with Gasteiger partial charge >= 0.3 is 0 Å². The van der Waals surface area contributed by atoms with E-state index in [0.29, 0.717) is 6.04 Å². The van der Waals surface area contributed by atoms with Gasteiger partial charge < -0.3 is 5.73 Å². The molecule has 1 heterocycles. The minimum Gasteiger partial charge on any atom is -0.329 e. The Morgan fingerprint density at radius 2 is 1.94 bits per heavy atom. The van der Waals surface area contributed by atoms with E-state index in [1.807, 2.05) is 12.1 Å². The molecule has 0 spiro atoms. The first kappa shape index (κ1) is 12.5. The number of rotatable bonds is 3. The molecule has 2 nitrogen and oxygen atoms in total. The van der Waals surface area contributed by atoms with Crippen LogP contribution in [0.2, 0.25) is 0 Å². The summed E-state index contributed by atoms with van der Waals surface area (Å²) in [6.45, 7) is 2.72. The number of nitrogens with two attached hydrogens (primary N) is 1. The smallest absolute Gasteiger partial charge is 0.123 e. The van der Waals surface area contributed by atoms with Crippen LogP contribution < -0.4 is 5.73 Å². The molecule has 94 valence electrons. The molecule has 0 bridgehead atoms. The van der Waals surface area contributed by atoms with Crippen LogP contribution in [-0.4, -0.2) is 24.0 Å². The fourth-order valence-corrected chi connectivity index (χ4v) is 2.54. The highest BCUT2D eigenvalue weighted by molar-refractivity contribution is 5.16. The highest BCUT2D eigenvalue weighted by atomic mass is 19.1. The molecule has 0 saturated carbocycles. The third-order valence-electron chi connectivity index (χ3n) is 3.57. The van der Waals surface area contributed by atoms with E-state index in [0.717, 1.165) is 19.6 Å². The normalized spacial score (nSPS) is 22.4. The molecule has 0 amide bonds. The van der Waals surface area contributed by atoms with Gasteiger partial charge in [-0.05, 0) is 37.1 Å². The monoisotopic (exact) mass is 236 g/mol. The van der Waals surface area contributed by atoms with Gasteiger partial charge in [0.2, 0.25) is 0 Å². The molecular formula is C14H21FN2. The average Bonchev–Trinajstić information content (AvgIpc) is 2.57. The maximum Gasteiger partial charge on any atom is 0.123 e. The van der Waals surface area contributed by atoms with Gasteiger partial charge in [-0.15, -0.1) is 0 Å². The Hall–Kier alpha value is -0.930. The lowest BCUT2D eigenvalue weighted by Crippen LogP contribution is -2.39. The summed E-state index contributed by atoms with van der Waals surface area (Å²) in [6, 6.07) is 7.29. The van der Waals surface area contributed by atoms with Crippen molar-refractivity contribution in [1.29, 1.82) is 0 Å². The second-order valence-electron chi connectivity index (χ2n) is 4.84. The maximum absolute atomic E-state index is 12.8. The highest BCUT2D eigenvalue weighted by Gasteiger charge is 2.19. The highest BCUT2D eigenvalue weighted by Crippen LogP contribution is 2.18. The van der Waals surface area contributed by atoms with Gasteiger partial charge in [0.25, 0.3) is 0 Å². The fourth-order valence-electron chi connectivity index (χ4n) is 2.54. The number of benzene rings is 1. The van der Waals surface area contributed by atoms with E-state index in [1.54, 1.807) is 0 Å². The van der Waals surface area contributed by atoms with Crippen LogP contribution in [0.5, 0.6) is 0 Å². The molecule has 1 aliphatic rings. The molecule has 1 unspecified atom stereocenters. The van der Waals surface area contributed by atoms with Crippen LogP contribution in [0.15, 0.2) is 24.3 Å². The lowest BCUT2D eigenvalue weighted by Gasteiger charge is -2.28. The Morgan fingerprint density at radius 3 is 2.65 bits per heavy atom. The van der Waals surface area contributed by atoms with Gasteiger partial charge in [0.05, 0.1) is 0 Å². The van der Waals surface area contributed by atoms with Crippen molar-refractivity contribution in [3.8, 4) is 0 Å². The Labute approximate surface area is 103 Å². The summed E-state index contributed by atoms with van der Waals surface area (Å²) in [7, 11) is 0. The summed E-state index contributed by atoms with van der Waals surface area (Å²) in [5.74, 6) is -0.167. The van der Waals surface area contributed by atoms with Gasteiger partial charge in [0.1, 0.15) is 5.82 Å². The number of hydrogen-bond acceptors (Lipinski definition) is 2. The van der Waals surface area contributed by atoms with Crippen LogP contribution in [0.4, 0.5) is 4.39 Å². The van der Waals surface area contributed by atoms with Gasteiger partial charge in [-0.2, -0.15) is 0 Å². The molecule has 0 aliphatic carbocycles. The summed E-state index contributed by atoms with van der Waals surface area (Å²) in [5.41, 5.74) is 7.01. The molecule has 2 N–H and O–H groups in total. The van der Waals surface area contributed by atoms with Gasteiger partial charge in [-0.1, -0.05) is 25.0 Å². The Morgan fingerprint density at radius 1 is 1.18 bits per heavy atom. The zero-order valence-corrected chi connectivity index (χ0v) is 10.2. The number of hydrogen-bond donors (Lipinski definition) is 1. The van der Waals surface area contributed by atoms with Crippen molar-refractivity contribution in [2.24, 2.45) is 5.73 Å². The van der Waals surface area contributed by atoms with E-state index in [4.69, 9.17) is 5.73 Å². The lowest BCUT2D eigenvalue weighted by atomic mass is 10.1. The lowest BCUT2D eigenvalue weighted by molar-refractivity contribution is 0.195. The number of nitrogens with zero attached hydrogens (tertiary/aromatic N) is 1. The van der Waals surface area contributed by atoms with E-state index >= 15 is 0 Å². The molecule has 17 heavy (non-hydrogen) atoms. The quantitative estimate of drug-likeness (QED) is 0.874. The number of likely N-dealkylation sites (tertiary alicyclic amines) is 1. The first-order valence-corrected chi connectivity index (χ1v) is 6.48. The standard InChI is InChI=1S/C14H21FN2/c15-13-7-5-12(6-8-13)11-17-9-3-1-2-4-14(17)10-16/h5-8,14H,1-4,9-11,16H2. The average molecular weight is 236 g/mol. The van der Waals surface area contributed by atoms with Crippen molar-refractivity contribution in [2.45, 2.75) is 38.3 Å². The topological polar surface area (TPSA) is 29.3 Å². The van der Waals surface area contributed by atoms with Crippen molar-refractivity contribution < 1.29 is 4.39 Å². The predicted molar refractivity (Wildman–Crippen MR) is 68.1 cm³/mol. The second kappa shape index (κ2) is 6.12. The molecular weight excluding hydrogens is 215 g/mol. The maximum atomic E-state index is 12.8. The van der Waals surface area contributed by atoms with Gasteiger partial charge in [-0.25, -0.2) is 4.39 Å². The summed E-state index contributed by atoms with van der Waals surface area (Å²) in [4.78, 5) is 2.44. The van der Waals surface area contributed by atoms with Crippen molar-refractivity contribution in [1.82, 2.24) is 4.90 Å². The van der Waals surface area contributed by atoms with Crippen molar-refractivity contribution in [2.75, 3.05) is 13.1 Å². The largest absolute Gasteiger partial charge is 0.329 e. The summed E-state index contributed by atoms with van der Waals surface area (Å²) in [6.07, 6.45) is 5.02. The summed E-state index contributed by atoms with van der Waals surface area (Å²) < 4.78 is 12.8. The van der Waals surface area contributed by atoms with Crippen LogP contribution in [0, 0.1) is 5.82 Å². The molecule has 1 atom stereocenters. The van der Waals surface area contributed by atoms with E-state index in [-0.39, 0.29) is 5.82 Å². The van der Waals surface area contributed by atoms with Crippen LogP contribution in [0.1, 0.15) is 31.2 Å². The SMILES string of the molecule is NCC1CCCCCN1Cc1ccc(F)cc1. The minimum atomic E-state index is -0.167. The Kier molecular flexibility index (Phi) is 4.51. The Balaban J connectivity index is 2.01. The summed E-state index contributed by atoms with van der Waals surface area (Å²) in [5, 5.41) is 0. The van der Waals surface area contributed by atoms with Gasteiger partial charge in [0, 0.05) is 19.1 Å². The van der Waals surface area contributed by atoms with E-state index in [1.165, 1.54) is 43.4 Å².